The summed E-state index contributed by atoms with van der Waals surface area (Å²) in [6, 6.07) is 0.171. The van der Waals surface area contributed by atoms with Crippen molar-refractivity contribution in [2.75, 3.05) is 13.2 Å². The van der Waals surface area contributed by atoms with Crippen LogP contribution in [0.3, 0.4) is 0 Å². The van der Waals surface area contributed by atoms with E-state index in [1.165, 1.54) is 0 Å². The van der Waals surface area contributed by atoms with Gasteiger partial charge in [0.15, 0.2) is 0 Å². The minimum atomic E-state index is 0.0173. The van der Waals surface area contributed by atoms with Crippen molar-refractivity contribution >= 4 is 5.91 Å². The van der Waals surface area contributed by atoms with Crippen molar-refractivity contribution in [2.24, 2.45) is 5.92 Å². The number of carbonyl (C=O) groups is 1. The highest BCUT2D eigenvalue weighted by Crippen LogP contribution is 2.28. The fourth-order valence-electron chi connectivity index (χ4n) is 3.61. The number of aliphatic hydroxyl groups is 1. The van der Waals surface area contributed by atoms with Gasteiger partial charge in [0.05, 0.1) is 17.9 Å². The zero-order valence-corrected chi connectivity index (χ0v) is 14.2. The Morgan fingerprint density at radius 2 is 2.33 bits per heavy atom. The van der Waals surface area contributed by atoms with E-state index in [9.17, 15) is 4.79 Å². The standard InChI is InChI=1S/C17H26N4O3/c1-12-15(5-3-9-24-12)17(23)18-16-6-2-4-13(16)10-21-11-14(7-8-22)19-20-21/h11,13,16,22H,2-10H2,1H3,(H,18,23)/t13-,16-/m1/s1. The van der Waals surface area contributed by atoms with Crippen LogP contribution in [0.4, 0.5) is 0 Å². The number of aliphatic hydroxyl groups excluding tert-OH is 1. The molecular weight excluding hydrogens is 308 g/mol. The summed E-state index contributed by atoms with van der Waals surface area (Å²) in [6.45, 7) is 3.41. The van der Waals surface area contributed by atoms with Crippen LogP contribution < -0.4 is 5.32 Å². The van der Waals surface area contributed by atoms with Crippen LogP contribution in [-0.2, 0) is 22.5 Å². The van der Waals surface area contributed by atoms with Crippen LogP contribution >= 0.6 is 0 Å². The Bertz CT molecular complexity index is 611. The molecule has 0 spiro atoms. The second-order valence-corrected chi connectivity index (χ2v) is 6.66. The summed E-state index contributed by atoms with van der Waals surface area (Å²) in [5.74, 6) is 1.14. The van der Waals surface area contributed by atoms with Gasteiger partial charge in [-0.3, -0.25) is 9.48 Å². The number of hydrogen-bond donors (Lipinski definition) is 2. The molecule has 7 heteroatoms. The molecule has 7 nitrogen and oxygen atoms in total. The molecule has 2 N–H and O–H groups in total. The Morgan fingerprint density at radius 3 is 3.12 bits per heavy atom. The molecule has 1 amide bonds. The molecule has 2 atom stereocenters. The number of nitrogens with one attached hydrogen (secondary N) is 1. The Morgan fingerprint density at radius 1 is 1.46 bits per heavy atom. The molecule has 1 aliphatic heterocycles. The number of hydrogen-bond acceptors (Lipinski definition) is 5. The predicted octanol–water partition coefficient (Wildman–Crippen LogP) is 1.18. The van der Waals surface area contributed by atoms with Gasteiger partial charge in [0.1, 0.15) is 5.76 Å². The van der Waals surface area contributed by atoms with E-state index in [0.29, 0.717) is 18.9 Å². The lowest BCUT2D eigenvalue weighted by Gasteiger charge is -2.24. The van der Waals surface area contributed by atoms with Gasteiger partial charge in [-0.15, -0.1) is 5.10 Å². The highest BCUT2D eigenvalue weighted by atomic mass is 16.5. The quantitative estimate of drug-likeness (QED) is 0.815. The third-order valence-electron chi connectivity index (χ3n) is 4.94. The molecule has 1 saturated carbocycles. The second-order valence-electron chi connectivity index (χ2n) is 6.66. The fraction of sp³-hybridized carbons (Fsp3) is 0.706. The first-order valence-corrected chi connectivity index (χ1v) is 8.80. The maximum Gasteiger partial charge on any atom is 0.250 e. The molecule has 2 heterocycles. The normalized spacial score (nSPS) is 24.1. The Hall–Kier alpha value is -1.89. The zero-order chi connectivity index (χ0) is 16.9. The fourth-order valence-corrected chi connectivity index (χ4v) is 3.61. The molecule has 24 heavy (non-hydrogen) atoms. The van der Waals surface area contributed by atoms with Crippen molar-refractivity contribution in [3.05, 3.63) is 23.2 Å². The lowest BCUT2D eigenvalue weighted by Crippen LogP contribution is -2.40. The van der Waals surface area contributed by atoms with Gasteiger partial charge in [-0.2, -0.15) is 0 Å². The highest BCUT2D eigenvalue weighted by Gasteiger charge is 2.30. The monoisotopic (exact) mass is 334 g/mol. The Labute approximate surface area is 142 Å². The van der Waals surface area contributed by atoms with Crippen LogP contribution in [0.15, 0.2) is 17.5 Å². The van der Waals surface area contributed by atoms with Crippen molar-refractivity contribution in [1.82, 2.24) is 20.3 Å². The third-order valence-corrected chi connectivity index (χ3v) is 4.94. The van der Waals surface area contributed by atoms with E-state index in [1.54, 1.807) is 0 Å². The molecule has 0 bridgehead atoms. The molecule has 0 radical (unpaired) electrons. The first-order valence-electron chi connectivity index (χ1n) is 8.80. The van der Waals surface area contributed by atoms with Gasteiger partial charge in [0.2, 0.25) is 0 Å². The van der Waals surface area contributed by atoms with Crippen LogP contribution in [-0.4, -0.2) is 45.3 Å². The lowest BCUT2D eigenvalue weighted by atomic mass is 10.0. The van der Waals surface area contributed by atoms with Gasteiger partial charge >= 0.3 is 0 Å². The SMILES string of the molecule is CC1=C(C(=O)N[C@@H]2CCC[C@@H]2Cn2cc(CCO)nn2)CCCO1. The van der Waals surface area contributed by atoms with Crippen molar-refractivity contribution in [3.8, 4) is 0 Å². The number of allylic oxidation sites excluding steroid dienone is 1. The number of nitrogens with zero attached hydrogens (tertiary/aromatic N) is 3. The molecule has 1 aromatic heterocycles. The van der Waals surface area contributed by atoms with Crippen molar-refractivity contribution in [3.63, 3.8) is 0 Å². The van der Waals surface area contributed by atoms with Crippen LogP contribution in [0.1, 0.15) is 44.7 Å². The summed E-state index contributed by atoms with van der Waals surface area (Å²) in [6.07, 6.45) is 7.30. The molecule has 1 fully saturated rings. The Kier molecular flexibility index (Phi) is 5.50. The molecule has 1 aliphatic carbocycles. The van der Waals surface area contributed by atoms with E-state index in [2.05, 4.69) is 15.6 Å². The molecule has 3 rings (SSSR count). The van der Waals surface area contributed by atoms with Gasteiger partial charge in [-0.1, -0.05) is 11.6 Å². The first kappa shape index (κ1) is 17.0. The number of ether oxygens (including phenoxy) is 1. The topological polar surface area (TPSA) is 89.3 Å². The van der Waals surface area contributed by atoms with E-state index in [1.807, 2.05) is 17.8 Å². The second kappa shape index (κ2) is 7.79. The summed E-state index contributed by atoms with van der Waals surface area (Å²) in [5, 5.41) is 20.3. The molecule has 1 aromatic rings. The van der Waals surface area contributed by atoms with Crippen LogP contribution in [0.5, 0.6) is 0 Å². The van der Waals surface area contributed by atoms with E-state index >= 15 is 0 Å². The van der Waals surface area contributed by atoms with Gasteiger partial charge in [-0.25, -0.2) is 0 Å². The van der Waals surface area contributed by atoms with Crippen molar-refractivity contribution in [2.45, 2.75) is 58.0 Å². The minimum absolute atomic E-state index is 0.0173. The highest BCUT2D eigenvalue weighted by molar-refractivity contribution is 5.94. The number of rotatable bonds is 6. The van der Waals surface area contributed by atoms with E-state index < -0.39 is 0 Å². The maximum atomic E-state index is 12.5. The number of amides is 1. The van der Waals surface area contributed by atoms with Gasteiger partial charge in [0, 0.05) is 31.8 Å². The first-order chi connectivity index (χ1) is 11.7. The number of aromatic nitrogens is 3. The summed E-state index contributed by atoms with van der Waals surface area (Å²) in [5.41, 5.74) is 1.59. The summed E-state index contributed by atoms with van der Waals surface area (Å²) in [4.78, 5) is 12.5. The van der Waals surface area contributed by atoms with Crippen LogP contribution in [0, 0.1) is 5.92 Å². The van der Waals surface area contributed by atoms with Gasteiger partial charge in [-0.05, 0) is 38.5 Å². The smallest absolute Gasteiger partial charge is 0.250 e. The third kappa shape index (κ3) is 3.95. The summed E-state index contributed by atoms with van der Waals surface area (Å²) >= 11 is 0. The molecule has 0 unspecified atom stereocenters. The van der Waals surface area contributed by atoms with Gasteiger partial charge in [0.25, 0.3) is 5.91 Å². The van der Waals surface area contributed by atoms with Gasteiger partial charge < -0.3 is 15.2 Å². The Balaban J connectivity index is 1.59. The average Bonchev–Trinajstić information content (AvgIpc) is 3.18. The molecule has 2 aliphatic rings. The maximum absolute atomic E-state index is 12.5. The van der Waals surface area contributed by atoms with Crippen molar-refractivity contribution < 1.29 is 14.6 Å². The predicted molar refractivity (Wildman–Crippen MR) is 88.0 cm³/mol. The van der Waals surface area contributed by atoms with E-state index in [0.717, 1.165) is 55.7 Å². The minimum Gasteiger partial charge on any atom is -0.498 e. The lowest BCUT2D eigenvalue weighted by molar-refractivity contribution is -0.119. The largest absolute Gasteiger partial charge is 0.498 e. The van der Waals surface area contributed by atoms with Crippen LogP contribution in [0.2, 0.25) is 0 Å². The summed E-state index contributed by atoms with van der Waals surface area (Å²) in [7, 11) is 0. The molecule has 0 aromatic carbocycles. The zero-order valence-electron chi connectivity index (χ0n) is 14.2. The molecule has 132 valence electrons. The summed E-state index contributed by atoms with van der Waals surface area (Å²) < 4.78 is 7.33. The van der Waals surface area contributed by atoms with Crippen molar-refractivity contribution in [1.29, 1.82) is 0 Å². The van der Waals surface area contributed by atoms with E-state index in [4.69, 9.17) is 9.84 Å². The molecule has 0 saturated heterocycles. The average molecular weight is 334 g/mol. The number of carbonyl (C=O) groups excluding carboxylic acids is 1. The van der Waals surface area contributed by atoms with E-state index in [-0.39, 0.29) is 18.6 Å². The van der Waals surface area contributed by atoms with Crippen LogP contribution in [0.25, 0.3) is 0 Å². The molecular formula is C17H26N4O3.